The minimum atomic E-state index is -0.519. The van der Waals surface area contributed by atoms with E-state index in [1.807, 2.05) is 20.8 Å². The van der Waals surface area contributed by atoms with Gasteiger partial charge in [-0.05, 0) is 52.3 Å². The quantitative estimate of drug-likeness (QED) is 0.686. The maximum Gasteiger partial charge on any atom is 0.407 e. The number of hydrogen-bond acceptors (Lipinski definition) is 4. The second-order valence-corrected chi connectivity index (χ2v) is 8.78. The van der Waals surface area contributed by atoms with E-state index in [-0.39, 0.29) is 11.9 Å². The van der Waals surface area contributed by atoms with Crippen molar-refractivity contribution in [3.63, 3.8) is 0 Å². The summed E-state index contributed by atoms with van der Waals surface area (Å²) in [6.45, 7) is 7.53. The molecule has 156 valence electrons. The molecular formula is C20H29Cl2N3O3. The number of benzene rings is 1. The number of ether oxygens (including phenoxy) is 1. The zero-order valence-electron chi connectivity index (χ0n) is 16.7. The minimum Gasteiger partial charge on any atom is -0.444 e. The van der Waals surface area contributed by atoms with E-state index in [9.17, 15) is 9.59 Å². The van der Waals surface area contributed by atoms with Gasteiger partial charge in [0, 0.05) is 25.6 Å². The zero-order valence-corrected chi connectivity index (χ0v) is 18.2. The fourth-order valence-corrected chi connectivity index (χ4v) is 3.66. The Balaban J connectivity index is 1.83. The lowest BCUT2D eigenvalue weighted by Crippen LogP contribution is -2.48. The Kier molecular flexibility index (Phi) is 8.40. The van der Waals surface area contributed by atoms with Gasteiger partial charge in [0.15, 0.2) is 0 Å². The Bertz CT molecular complexity index is 672. The third kappa shape index (κ3) is 7.49. The number of alkyl carbamates (subject to hydrolysis) is 1. The number of likely N-dealkylation sites (tertiary alicyclic amines) is 1. The number of carbonyl (C=O) groups is 2. The van der Waals surface area contributed by atoms with Gasteiger partial charge in [0.2, 0.25) is 5.91 Å². The Morgan fingerprint density at radius 1 is 1.21 bits per heavy atom. The highest BCUT2D eigenvalue weighted by Gasteiger charge is 2.24. The number of amides is 2. The summed E-state index contributed by atoms with van der Waals surface area (Å²) in [7, 11) is 0. The van der Waals surface area contributed by atoms with Crippen LogP contribution in [-0.2, 0) is 9.53 Å². The number of nitrogens with zero attached hydrogens (tertiary/aromatic N) is 1. The Hall–Kier alpha value is -1.50. The summed E-state index contributed by atoms with van der Waals surface area (Å²) in [5, 5.41) is 6.46. The average molecular weight is 430 g/mol. The maximum atomic E-state index is 12.3. The molecule has 2 amide bonds. The van der Waals surface area contributed by atoms with Crippen LogP contribution in [-0.4, -0.2) is 48.2 Å². The van der Waals surface area contributed by atoms with Gasteiger partial charge in [-0.3, -0.25) is 9.69 Å². The molecule has 28 heavy (non-hydrogen) atoms. The van der Waals surface area contributed by atoms with E-state index >= 15 is 0 Å². The van der Waals surface area contributed by atoms with Crippen LogP contribution < -0.4 is 10.6 Å². The highest BCUT2D eigenvalue weighted by atomic mass is 35.5. The van der Waals surface area contributed by atoms with Crippen LogP contribution in [0.5, 0.6) is 0 Å². The van der Waals surface area contributed by atoms with Gasteiger partial charge in [-0.1, -0.05) is 35.7 Å². The molecule has 0 spiro atoms. The lowest BCUT2D eigenvalue weighted by atomic mass is 10.0. The van der Waals surface area contributed by atoms with Gasteiger partial charge < -0.3 is 15.4 Å². The van der Waals surface area contributed by atoms with Crippen LogP contribution in [0.3, 0.4) is 0 Å². The molecule has 0 aromatic heterocycles. The standard InChI is InChI=1S/C20H29Cl2N3O3/c1-20(2,3)28-19(27)23-13-14-7-4-5-11-25(14)12-10-17(26)24-18-15(21)8-6-9-16(18)22/h6,8-9,14H,4-5,7,10-13H2,1-3H3,(H,23,27)(H,24,26). The topological polar surface area (TPSA) is 70.7 Å². The molecule has 1 aromatic rings. The van der Waals surface area contributed by atoms with Crippen molar-refractivity contribution in [2.45, 2.75) is 58.1 Å². The van der Waals surface area contributed by atoms with E-state index in [1.165, 1.54) is 0 Å². The Morgan fingerprint density at radius 3 is 2.54 bits per heavy atom. The SMILES string of the molecule is CC(C)(C)OC(=O)NCC1CCCCN1CCC(=O)Nc1c(Cl)cccc1Cl. The second kappa shape index (κ2) is 10.3. The first-order chi connectivity index (χ1) is 13.2. The molecule has 1 saturated heterocycles. The zero-order chi connectivity index (χ0) is 20.7. The first kappa shape index (κ1) is 22.8. The average Bonchev–Trinajstić information content (AvgIpc) is 2.60. The highest BCUT2D eigenvalue weighted by Crippen LogP contribution is 2.29. The second-order valence-electron chi connectivity index (χ2n) is 7.96. The van der Waals surface area contributed by atoms with E-state index < -0.39 is 11.7 Å². The monoisotopic (exact) mass is 429 g/mol. The number of anilines is 1. The summed E-state index contributed by atoms with van der Waals surface area (Å²) in [5.41, 5.74) is -0.0772. The molecule has 1 aliphatic heterocycles. The summed E-state index contributed by atoms with van der Waals surface area (Å²) in [6, 6.07) is 5.30. The Labute approximate surface area is 176 Å². The molecule has 0 saturated carbocycles. The summed E-state index contributed by atoms with van der Waals surface area (Å²) in [5.74, 6) is -0.139. The third-order valence-electron chi connectivity index (χ3n) is 4.48. The van der Waals surface area contributed by atoms with Gasteiger partial charge in [0.25, 0.3) is 0 Å². The molecule has 0 bridgehead atoms. The van der Waals surface area contributed by atoms with Crippen LogP contribution >= 0.6 is 23.2 Å². The van der Waals surface area contributed by atoms with Crippen LogP contribution in [0.1, 0.15) is 46.5 Å². The largest absolute Gasteiger partial charge is 0.444 e. The number of rotatable bonds is 6. The molecule has 1 aromatic carbocycles. The molecule has 6 nitrogen and oxygen atoms in total. The van der Waals surface area contributed by atoms with E-state index in [0.29, 0.717) is 35.2 Å². The van der Waals surface area contributed by atoms with Crippen molar-refractivity contribution >= 4 is 40.9 Å². The Morgan fingerprint density at radius 2 is 1.89 bits per heavy atom. The van der Waals surface area contributed by atoms with Crippen molar-refractivity contribution in [3.8, 4) is 0 Å². The third-order valence-corrected chi connectivity index (χ3v) is 5.11. The summed E-state index contributed by atoms with van der Waals surface area (Å²) >= 11 is 12.2. The van der Waals surface area contributed by atoms with E-state index in [4.69, 9.17) is 27.9 Å². The predicted molar refractivity (Wildman–Crippen MR) is 113 cm³/mol. The molecule has 1 fully saturated rings. The minimum absolute atomic E-state index is 0.139. The van der Waals surface area contributed by atoms with Crippen LogP contribution in [0.25, 0.3) is 0 Å². The van der Waals surface area contributed by atoms with Gasteiger partial charge in [-0.2, -0.15) is 0 Å². The highest BCUT2D eigenvalue weighted by molar-refractivity contribution is 6.39. The lowest BCUT2D eigenvalue weighted by Gasteiger charge is -2.35. The number of hydrogen-bond donors (Lipinski definition) is 2. The van der Waals surface area contributed by atoms with Crippen molar-refractivity contribution in [1.29, 1.82) is 0 Å². The molecule has 1 unspecified atom stereocenters. The summed E-state index contributed by atoms with van der Waals surface area (Å²) in [6.07, 6.45) is 3.08. The number of halogens is 2. The smallest absolute Gasteiger partial charge is 0.407 e. The molecule has 0 aliphatic carbocycles. The van der Waals surface area contributed by atoms with E-state index in [2.05, 4.69) is 15.5 Å². The van der Waals surface area contributed by atoms with E-state index in [0.717, 1.165) is 25.8 Å². The number of para-hydroxylation sites is 1. The van der Waals surface area contributed by atoms with E-state index in [1.54, 1.807) is 18.2 Å². The molecule has 1 aliphatic rings. The molecule has 8 heteroatoms. The van der Waals surface area contributed by atoms with Gasteiger partial charge in [0.05, 0.1) is 15.7 Å². The molecule has 2 rings (SSSR count). The number of piperidine rings is 1. The molecule has 0 radical (unpaired) electrons. The van der Waals surface area contributed by atoms with Crippen molar-refractivity contribution in [2.75, 3.05) is 25.0 Å². The van der Waals surface area contributed by atoms with Crippen molar-refractivity contribution < 1.29 is 14.3 Å². The summed E-state index contributed by atoms with van der Waals surface area (Å²) < 4.78 is 5.29. The molecule has 1 heterocycles. The lowest BCUT2D eigenvalue weighted by molar-refractivity contribution is -0.116. The molecule has 2 N–H and O–H groups in total. The fraction of sp³-hybridized carbons (Fsp3) is 0.600. The molecular weight excluding hydrogens is 401 g/mol. The van der Waals surface area contributed by atoms with Crippen LogP contribution in [0.2, 0.25) is 10.0 Å². The van der Waals surface area contributed by atoms with Crippen LogP contribution in [0.15, 0.2) is 18.2 Å². The van der Waals surface area contributed by atoms with Crippen LogP contribution in [0, 0.1) is 0 Å². The number of nitrogens with one attached hydrogen (secondary N) is 2. The number of carbonyl (C=O) groups excluding carboxylic acids is 2. The predicted octanol–water partition coefficient (Wildman–Crippen LogP) is 4.70. The van der Waals surface area contributed by atoms with Gasteiger partial charge in [-0.25, -0.2) is 4.79 Å². The van der Waals surface area contributed by atoms with Gasteiger partial charge >= 0.3 is 6.09 Å². The van der Waals surface area contributed by atoms with Crippen molar-refractivity contribution in [3.05, 3.63) is 28.2 Å². The van der Waals surface area contributed by atoms with Crippen LogP contribution in [0.4, 0.5) is 10.5 Å². The van der Waals surface area contributed by atoms with Gasteiger partial charge in [0.1, 0.15) is 5.60 Å². The first-order valence-electron chi connectivity index (χ1n) is 9.60. The maximum absolute atomic E-state index is 12.3. The van der Waals surface area contributed by atoms with Gasteiger partial charge in [-0.15, -0.1) is 0 Å². The van der Waals surface area contributed by atoms with Crippen molar-refractivity contribution in [1.82, 2.24) is 10.2 Å². The normalized spacial score (nSPS) is 17.8. The fourth-order valence-electron chi connectivity index (χ4n) is 3.17. The first-order valence-corrected chi connectivity index (χ1v) is 10.4. The van der Waals surface area contributed by atoms with Crippen molar-refractivity contribution in [2.24, 2.45) is 0 Å². The molecule has 1 atom stereocenters. The summed E-state index contributed by atoms with van der Waals surface area (Å²) in [4.78, 5) is 26.5.